The largest absolute Gasteiger partial charge is 0.507 e. The molecule has 0 amide bonds. The molecule has 0 aromatic heterocycles. The van der Waals surface area contributed by atoms with Crippen molar-refractivity contribution in [2.45, 2.75) is 24.7 Å². The fourth-order valence-electron chi connectivity index (χ4n) is 2.44. The Morgan fingerprint density at radius 3 is 2.53 bits per heavy atom. The van der Waals surface area contributed by atoms with E-state index in [1.54, 1.807) is 0 Å². The van der Waals surface area contributed by atoms with Crippen LogP contribution in [0.1, 0.15) is 12.8 Å². The number of carboxylic acid groups (broad SMARTS) is 2. The average Bonchev–Trinajstić information content (AvgIpc) is 2.61. The Balaban J connectivity index is 2.00. The van der Waals surface area contributed by atoms with Crippen LogP contribution < -0.4 is 5.73 Å². The number of carbonyl (C=O) groups is 2. The first-order chi connectivity index (χ1) is 6.94. The van der Waals surface area contributed by atoms with Gasteiger partial charge in [-0.2, -0.15) is 0 Å². The van der Waals surface area contributed by atoms with Crippen molar-refractivity contribution in [1.29, 1.82) is 0 Å². The highest BCUT2D eigenvalue weighted by Crippen LogP contribution is 2.58. The third-order valence-corrected chi connectivity index (χ3v) is 3.04. The maximum absolute atomic E-state index is 10.4. The normalized spacial score (nSPS) is 41.8. The van der Waals surface area contributed by atoms with Crippen LogP contribution in [0.5, 0.6) is 0 Å². The van der Waals surface area contributed by atoms with Crippen molar-refractivity contribution in [3.63, 3.8) is 0 Å². The molecule has 0 spiro atoms. The van der Waals surface area contributed by atoms with Gasteiger partial charge in [-0.1, -0.05) is 0 Å². The maximum Gasteiger partial charge on any atom is 0.507 e. The number of hydrogen-bond donors (Lipinski definition) is 3. The Hall–Kier alpha value is -1.50. The zero-order chi connectivity index (χ0) is 11.2. The zero-order valence-electron chi connectivity index (χ0n) is 7.75. The molecular weight excluding hydrogens is 206 g/mol. The first-order valence-corrected chi connectivity index (χ1v) is 4.54. The lowest BCUT2D eigenvalue weighted by atomic mass is 10.1. The van der Waals surface area contributed by atoms with Gasteiger partial charge in [0.2, 0.25) is 0 Å². The third kappa shape index (κ3) is 1.58. The summed E-state index contributed by atoms with van der Waals surface area (Å²) in [5.74, 6) is -0.324. The topological polar surface area (TPSA) is 119 Å². The maximum atomic E-state index is 10.4. The highest BCUT2D eigenvalue weighted by Gasteiger charge is 2.69. The predicted octanol–water partition coefficient (Wildman–Crippen LogP) is 0.439. The summed E-state index contributed by atoms with van der Waals surface area (Å²) < 4.78 is 9.15. The summed E-state index contributed by atoms with van der Waals surface area (Å²) in [7, 11) is 0. The molecule has 15 heavy (non-hydrogen) atoms. The van der Waals surface area contributed by atoms with Gasteiger partial charge in [0, 0.05) is 12.3 Å². The molecule has 2 rings (SSSR count). The van der Waals surface area contributed by atoms with Gasteiger partial charge in [-0.3, -0.25) is 5.73 Å². The van der Waals surface area contributed by atoms with Crippen LogP contribution in [0.3, 0.4) is 0 Å². The van der Waals surface area contributed by atoms with Crippen molar-refractivity contribution in [2.24, 2.45) is 17.6 Å². The summed E-state index contributed by atoms with van der Waals surface area (Å²) in [6, 6.07) is 0. The molecule has 2 saturated carbocycles. The molecule has 7 heteroatoms. The van der Waals surface area contributed by atoms with Gasteiger partial charge in [0.15, 0.2) is 5.72 Å². The van der Waals surface area contributed by atoms with E-state index in [2.05, 4.69) is 9.47 Å². The molecular formula is C8H11NO6. The van der Waals surface area contributed by atoms with Crippen molar-refractivity contribution in [3.05, 3.63) is 0 Å². The van der Waals surface area contributed by atoms with E-state index in [0.29, 0.717) is 12.8 Å². The zero-order valence-corrected chi connectivity index (χ0v) is 7.75. The Kier molecular flexibility index (Phi) is 2.00. The Morgan fingerprint density at radius 2 is 2.00 bits per heavy atom. The van der Waals surface area contributed by atoms with E-state index in [1.165, 1.54) is 0 Å². The van der Waals surface area contributed by atoms with Crippen LogP contribution in [0.15, 0.2) is 0 Å². The fraction of sp³-hybridized carbons (Fsp3) is 0.750. The molecule has 7 nitrogen and oxygen atoms in total. The van der Waals surface area contributed by atoms with Crippen molar-refractivity contribution < 1.29 is 29.3 Å². The molecule has 4 unspecified atom stereocenters. The Bertz CT molecular complexity index is 318. The average molecular weight is 217 g/mol. The minimum absolute atomic E-state index is 0.00505. The van der Waals surface area contributed by atoms with Gasteiger partial charge >= 0.3 is 12.3 Å². The molecule has 0 aromatic carbocycles. The predicted molar refractivity (Wildman–Crippen MR) is 45.1 cm³/mol. The van der Waals surface area contributed by atoms with Gasteiger partial charge in [-0.05, 0) is 6.42 Å². The Labute approximate surface area is 84.8 Å². The molecule has 0 aromatic rings. The monoisotopic (exact) mass is 217 g/mol. The number of nitrogens with two attached hydrogens (primary N) is 1. The number of hydrogen-bond acceptors (Lipinski definition) is 5. The van der Waals surface area contributed by atoms with Crippen LogP contribution in [-0.4, -0.2) is 34.4 Å². The van der Waals surface area contributed by atoms with Crippen LogP contribution in [0.25, 0.3) is 0 Å². The standard InChI is InChI=1S/C8H11NO6/c9-8(15-7(12)13)2-1-3-4(8)5(3)14-6(10)11/h3-5H,1-2,9H2,(H,10,11)(H,12,13). The molecule has 84 valence electrons. The Morgan fingerprint density at radius 1 is 1.33 bits per heavy atom. The highest BCUT2D eigenvalue weighted by atomic mass is 16.7. The van der Waals surface area contributed by atoms with E-state index < -0.39 is 24.1 Å². The first kappa shape index (κ1) is 10.0. The van der Waals surface area contributed by atoms with Crippen LogP contribution in [-0.2, 0) is 9.47 Å². The first-order valence-electron chi connectivity index (χ1n) is 4.54. The van der Waals surface area contributed by atoms with Crippen molar-refractivity contribution >= 4 is 12.3 Å². The molecule has 0 saturated heterocycles. The van der Waals surface area contributed by atoms with E-state index in [4.69, 9.17) is 15.9 Å². The lowest BCUT2D eigenvalue weighted by molar-refractivity contribution is -0.0392. The smallest absolute Gasteiger partial charge is 0.450 e. The fourth-order valence-corrected chi connectivity index (χ4v) is 2.44. The highest BCUT2D eigenvalue weighted by molar-refractivity contribution is 5.59. The van der Waals surface area contributed by atoms with E-state index in [1.807, 2.05) is 0 Å². The minimum atomic E-state index is -1.45. The summed E-state index contributed by atoms with van der Waals surface area (Å²) >= 11 is 0. The second-order valence-corrected chi connectivity index (χ2v) is 3.90. The third-order valence-electron chi connectivity index (χ3n) is 3.04. The van der Waals surface area contributed by atoms with Crippen LogP contribution in [0.4, 0.5) is 9.59 Å². The van der Waals surface area contributed by atoms with Gasteiger partial charge in [0.25, 0.3) is 0 Å². The lowest BCUT2D eigenvalue weighted by Gasteiger charge is -2.25. The number of fused-ring (bicyclic) bond motifs is 1. The van der Waals surface area contributed by atoms with E-state index in [9.17, 15) is 9.59 Å². The second-order valence-electron chi connectivity index (χ2n) is 3.90. The quantitative estimate of drug-likeness (QED) is 0.453. The summed E-state index contributed by atoms with van der Waals surface area (Å²) in [4.78, 5) is 20.7. The van der Waals surface area contributed by atoms with E-state index >= 15 is 0 Å². The van der Waals surface area contributed by atoms with Crippen molar-refractivity contribution in [1.82, 2.24) is 0 Å². The van der Waals surface area contributed by atoms with Gasteiger partial charge in [-0.25, -0.2) is 9.59 Å². The van der Waals surface area contributed by atoms with E-state index in [-0.39, 0.29) is 11.8 Å². The SMILES string of the molecule is NC1(OC(=O)O)CCC2C(OC(=O)O)C21. The van der Waals surface area contributed by atoms with Crippen LogP contribution >= 0.6 is 0 Å². The molecule has 0 radical (unpaired) electrons. The molecule has 4 atom stereocenters. The number of ether oxygens (including phenoxy) is 2. The molecule has 2 aliphatic carbocycles. The molecule has 0 aliphatic heterocycles. The van der Waals surface area contributed by atoms with Gasteiger partial charge in [-0.15, -0.1) is 0 Å². The minimum Gasteiger partial charge on any atom is -0.450 e. The summed E-state index contributed by atoms with van der Waals surface area (Å²) in [6.07, 6.45) is -2.28. The second kappa shape index (κ2) is 2.99. The van der Waals surface area contributed by atoms with Gasteiger partial charge in [0.1, 0.15) is 6.10 Å². The molecule has 0 bridgehead atoms. The van der Waals surface area contributed by atoms with Crippen molar-refractivity contribution in [3.8, 4) is 0 Å². The lowest BCUT2D eigenvalue weighted by Crippen LogP contribution is -2.46. The summed E-state index contributed by atoms with van der Waals surface area (Å²) in [5, 5.41) is 16.9. The van der Waals surface area contributed by atoms with E-state index in [0.717, 1.165) is 0 Å². The molecule has 2 aliphatic rings. The molecule has 0 heterocycles. The van der Waals surface area contributed by atoms with Crippen molar-refractivity contribution in [2.75, 3.05) is 0 Å². The summed E-state index contributed by atoms with van der Waals surface area (Å²) in [6.45, 7) is 0. The van der Waals surface area contributed by atoms with Gasteiger partial charge < -0.3 is 19.7 Å². The molecule has 2 fully saturated rings. The van der Waals surface area contributed by atoms with Crippen LogP contribution in [0, 0.1) is 11.8 Å². The molecule has 4 N–H and O–H groups in total. The number of rotatable bonds is 2. The van der Waals surface area contributed by atoms with Crippen LogP contribution in [0.2, 0.25) is 0 Å². The van der Waals surface area contributed by atoms with Gasteiger partial charge in [0.05, 0.1) is 5.92 Å². The summed E-state index contributed by atoms with van der Waals surface area (Å²) in [5.41, 5.74) is 4.45.